The summed E-state index contributed by atoms with van der Waals surface area (Å²) in [6.45, 7) is 0.655. The molecule has 0 radical (unpaired) electrons. The van der Waals surface area contributed by atoms with E-state index < -0.39 is 11.0 Å². The van der Waals surface area contributed by atoms with Crippen molar-refractivity contribution in [3.05, 3.63) is 52.8 Å². The first kappa shape index (κ1) is 13.3. The molecule has 2 heterocycles. The van der Waals surface area contributed by atoms with E-state index in [0.717, 1.165) is 12.1 Å². The molecule has 7 nitrogen and oxygen atoms in total. The van der Waals surface area contributed by atoms with Gasteiger partial charge in [-0.3, -0.25) is 19.6 Å². The molecule has 0 unspecified atom stereocenters. The number of amides is 1. The Morgan fingerprint density at radius 1 is 1.29 bits per heavy atom. The van der Waals surface area contributed by atoms with Gasteiger partial charge < -0.3 is 4.90 Å². The molecule has 2 aromatic rings. The zero-order valence-corrected chi connectivity index (χ0v) is 11.3. The number of para-hydroxylation sites is 1. The van der Waals surface area contributed by atoms with Crippen molar-refractivity contribution in [3.63, 3.8) is 0 Å². The van der Waals surface area contributed by atoms with Crippen LogP contribution in [0.2, 0.25) is 0 Å². The molecular formula is C14H14N4O3. The number of carbonyl (C=O) groups is 1. The van der Waals surface area contributed by atoms with Crippen LogP contribution < -0.4 is 4.90 Å². The quantitative estimate of drug-likeness (QED) is 0.639. The van der Waals surface area contributed by atoms with Gasteiger partial charge in [0.15, 0.2) is 0 Å². The highest BCUT2D eigenvalue weighted by Gasteiger charge is 2.32. The van der Waals surface area contributed by atoms with E-state index in [1.165, 1.54) is 17.1 Å². The zero-order valence-electron chi connectivity index (χ0n) is 11.3. The first-order chi connectivity index (χ1) is 10.2. The molecular weight excluding hydrogens is 272 g/mol. The minimum Gasteiger partial charge on any atom is -0.311 e. The van der Waals surface area contributed by atoms with Crippen LogP contribution in [0.4, 0.5) is 11.4 Å². The molecule has 0 aliphatic carbocycles. The first-order valence-corrected chi connectivity index (χ1v) is 6.72. The molecule has 21 heavy (non-hydrogen) atoms. The maximum atomic E-state index is 12.6. The predicted octanol–water partition coefficient (Wildman–Crippen LogP) is 2.16. The van der Waals surface area contributed by atoms with Gasteiger partial charge in [-0.2, -0.15) is 5.10 Å². The summed E-state index contributed by atoms with van der Waals surface area (Å²) >= 11 is 0. The molecule has 1 aromatic carbocycles. The first-order valence-electron chi connectivity index (χ1n) is 6.72. The Bertz CT molecular complexity index is 668. The molecule has 1 aliphatic heterocycles. The summed E-state index contributed by atoms with van der Waals surface area (Å²) < 4.78 is 1.40. The Morgan fingerprint density at radius 3 is 2.71 bits per heavy atom. The van der Waals surface area contributed by atoms with E-state index in [-0.39, 0.29) is 11.6 Å². The second-order valence-corrected chi connectivity index (χ2v) is 4.92. The smallest absolute Gasteiger partial charge is 0.307 e. The van der Waals surface area contributed by atoms with Crippen molar-refractivity contribution >= 4 is 17.3 Å². The summed E-state index contributed by atoms with van der Waals surface area (Å²) in [5, 5.41) is 14.7. The van der Waals surface area contributed by atoms with Crippen LogP contribution in [0.15, 0.2) is 42.7 Å². The molecule has 108 valence electrons. The second kappa shape index (κ2) is 5.35. The lowest BCUT2D eigenvalue weighted by atomic mass is 10.0. The SMILES string of the molecule is O=C1[C@@H](n2cc([N+](=O)[O-])cn2)CCCN1c1ccccc1. The minimum absolute atomic E-state index is 0.0783. The molecule has 3 rings (SSSR count). The molecule has 0 N–H and O–H groups in total. The Morgan fingerprint density at radius 2 is 2.05 bits per heavy atom. The average molecular weight is 286 g/mol. The number of piperidine rings is 1. The number of hydrogen-bond acceptors (Lipinski definition) is 4. The number of rotatable bonds is 3. The van der Waals surface area contributed by atoms with Crippen molar-refractivity contribution < 1.29 is 9.72 Å². The van der Waals surface area contributed by atoms with E-state index in [1.54, 1.807) is 4.90 Å². The summed E-state index contributed by atoms with van der Waals surface area (Å²) in [4.78, 5) is 24.5. The molecule has 1 aliphatic rings. The normalized spacial score (nSPS) is 18.8. The summed E-state index contributed by atoms with van der Waals surface area (Å²) in [6.07, 6.45) is 3.96. The second-order valence-electron chi connectivity index (χ2n) is 4.92. The minimum atomic E-state index is -0.508. The molecule has 0 saturated carbocycles. The van der Waals surface area contributed by atoms with Gasteiger partial charge in [-0.1, -0.05) is 18.2 Å². The highest BCUT2D eigenvalue weighted by atomic mass is 16.6. The standard InChI is InChI=1S/C14H14N4O3/c19-14-13(17-10-12(9-15-17)18(20)21)7-4-8-16(14)11-5-2-1-3-6-11/h1-3,5-6,9-10,13H,4,7-8H2/t13-/m0/s1. The van der Waals surface area contributed by atoms with Crippen LogP contribution in [0, 0.1) is 10.1 Å². The lowest BCUT2D eigenvalue weighted by molar-refractivity contribution is -0.385. The van der Waals surface area contributed by atoms with E-state index >= 15 is 0 Å². The molecule has 0 spiro atoms. The number of aromatic nitrogens is 2. The number of carbonyl (C=O) groups excluding carboxylic acids is 1. The molecule has 1 atom stereocenters. The van der Waals surface area contributed by atoms with Crippen LogP contribution in [0.25, 0.3) is 0 Å². The van der Waals surface area contributed by atoms with Crippen molar-refractivity contribution in [2.75, 3.05) is 11.4 Å². The van der Waals surface area contributed by atoms with Crippen LogP contribution in [0.1, 0.15) is 18.9 Å². The monoisotopic (exact) mass is 286 g/mol. The Hall–Kier alpha value is -2.70. The van der Waals surface area contributed by atoms with Gasteiger partial charge in [0.1, 0.15) is 18.4 Å². The fraction of sp³-hybridized carbons (Fsp3) is 0.286. The van der Waals surface area contributed by atoms with Crippen molar-refractivity contribution in [3.8, 4) is 0 Å². The van der Waals surface area contributed by atoms with Crippen LogP contribution in [0.5, 0.6) is 0 Å². The third-order valence-corrected chi connectivity index (χ3v) is 3.60. The summed E-state index contributed by atoms with van der Waals surface area (Å²) in [5.74, 6) is -0.0783. The van der Waals surface area contributed by atoms with Gasteiger partial charge in [0.05, 0.1) is 4.92 Å². The highest BCUT2D eigenvalue weighted by molar-refractivity contribution is 5.96. The average Bonchev–Trinajstić information content (AvgIpc) is 2.98. The van der Waals surface area contributed by atoms with Gasteiger partial charge in [0.2, 0.25) is 0 Å². The van der Waals surface area contributed by atoms with Crippen LogP contribution in [-0.4, -0.2) is 27.2 Å². The van der Waals surface area contributed by atoms with E-state index in [2.05, 4.69) is 5.10 Å². The fourth-order valence-corrected chi connectivity index (χ4v) is 2.56. The summed E-state index contributed by atoms with van der Waals surface area (Å²) in [5.41, 5.74) is 0.744. The number of nitro groups is 1. The van der Waals surface area contributed by atoms with Crippen LogP contribution in [-0.2, 0) is 4.79 Å². The number of anilines is 1. The molecule has 0 bridgehead atoms. The summed E-state index contributed by atoms with van der Waals surface area (Å²) in [7, 11) is 0. The van der Waals surface area contributed by atoms with Crippen LogP contribution in [0.3, 0.4) is 0 Å². The molecule has 1 saturated heterocycles. The van der Waals surface area contributed by atoms with Gasteiger partial charge in [-0.15, -0.1) is 0 Å². The maximum absolute atomic E-state index is 12.6. The number of nitrogens with zero attached hydrogens (tertiary/aromatic N) is 4. The third kappa shape index (κ3) is 2.49. The zero-order chi connectivity index (χ0) is 14.8. The Kier molecular flexibility index (Phi) is 3.39. The van der Waals surface area contributed by atoms with Gasteiger partial charge >= 0.3 is 5.69 Å². The van der Waals surface area contributed by atoms with Crippen molar-refractivity contribution in [2.45, 2.75) is 18.9 Å². The van der Waals surface area contributed by atoms with E-state index in [0.29, 0.717) is 13.0 Å². The van der Waals surface area contributed by atoms with E-state index in [1.807, 2.05) is 30.3 Å². The number of hydrogen-bond donors (Lipinski definition) is 0. The van der Waals surface area contributed by atoms with Crippen molar-refractivity contribution in [1.82, 2.24) is 9.78 Å². The summed E-state index contributed by atoms with van der Waals surface area (Å²) in [6, 6.07) is 8.94. The van der Waals surface area contributed by atoms with Gasteiger partial charge in [0, 0.05) is 12.2 Å². The van der Waals surface area contributed by atoms with Gasteiger partial charge in [-0.05, 0) is 25.0 Å². The van der Waals surface area contributed by atoms with Gasteiger partial charge in [-0.25, -0.2) is 0 Å². The van der Waals surface area contributed by atoms with E-state index in [4.69, 9.17) is 0 Å². The maximum Gasteiger partial charge on any atom is 0.307 e. The largest absolute Gasteiger partial charge is 0.311 e. The van der Waals surface area contributed by atoms with E-state index in [9.17, 15) is 14.9 Å². The fourth-order valence-electron chi connectivity index (χ4n) is 2.56. The molecule has 1 aromatic heterocycles. The lowest BCUT2D eigenvalue weighted by Gasteiger charge is -2.32. The Balaban J connectivity index is 1.86. The third-order valence-electron chi connectivity index (χ3n) is 3.60. The topological polar surface area (TPSA) is 81.3 Å². The highest BCUT2D eigenvalue weighted by Crippen LogP contribution is 2.27. The van der Waals surface area contributed by atoms with Gasteiger partial charge in [0.25, 0.3) is 5.91 Å². The van der Waals surface area contributed by atoms with Crippen molar-refractivity contribution in [1.29, 1.82) is 0 Å². The van der Waals surface area contributed by atoms with Crippen molar-refractivity contribution in [2.24, 2.45) is 0 Å². The lowest BCUT2D eigenvalue weighted by Crippen LogP contribution is -2.42. The molecule has 1 amide bonds. The Labute approximate surface area is 120 Å². The predicted molar refractivity (Wildman–Crippen MR) is 75.9 cm³/mol. The number of benzene rings is 1. The van der Waals surface area contributed by atoms with Crippen LogP contribution >= 0.6 is 0 Å². The molecule has 7 heteroatoms. The molecule has 1 fully saturated rings.